The lowest BCUT2D eigenvalue weighted by molar-refractivity contribution is -0.318. The number of aliphatic hydroxyl groups excluding tert-OH is 6. The van der Waals surface area contributed by atoms with Crippen molar-refractivity contribution in [3.63, 3.8) is 0 Å². The van der Waals surface area contributed by atoms with Gasteiger partial charge in [0.2, 0.25) is 17.5 Å². The number of methoxy groups -OCH3 is 2. The van der Waals surface area contributed by atoms with Gasteiger partial charge in [-0.3, -0.25) is 4.79 Å². The highest BCUT2D eigenvalue weighted by Crippen LogP contribution is 2.40. The lowest BCUT2D eigenvalue weighted by Gasteiger charge is -2.42. The maximum absolute atomic E-state index is 13.3. The van der Waals surface area contributed by atoms with Crippen molar-refractivity contribution in [1.29, 1.82) is 0 Å². The lowest BCUT2D eigenvalue weighted by atomic mass is 9.98. The Labute approximate surface area is 254 Å². The van der Waals surface area contributed by atoms with Gasteiger partial charge in [-0.25, -0.2) is 0 Å². The number of ether oxygens (including phenoxy) is 6. The average molecular weight is 639 g/mol. The fraction of sp³-hybridized carbons (Fsp3) is 0.483. The summed E-state index contributed by atoms with van der Waals surface area (Å²) in [5, 5.41) is 82.4. The number of rotatable bonds is 8. The van der Waals surface area contributed by atoms with Gasteiger partial charge < -0.3 is 73.7 Å². The molecule has 2 aliphatic rings. The van der Waals surface area contributed by atoms with Gasteiger partial charge in [-0.15, -0.1) is 0 Å². The monoisotopic (exact) mass is 638 g/mol. The van der Waals surface area contributed by atoms with Gasteiger partial charge in [0.1, 0.15) is 65.2 Å². The molecule has 3 heterocycles. The molecule has 16 nitrogen and oxygen atoms in total. The average Bonchev–Trinajstić information content (AvgIpc) is 3.02. The Kier molecular flexibility index (Phi) is 9.41. The molecular formula is C29H34O16. The number of phenolic OH excluding ortho intramolecular Hbond substituents is 2. The third-order valence-electron chi connectivity index (χ3n) is 7.69. The van der Waals surface area contributed by atoms with Crippen LogP contribution in [0.15, 0.2) is 39.5 Å². The Morgan fingerprint density at radius 3 is 2.16 bits per heavy atom. The maximum Gasteiger partial charge on any atom is 0.239 e. The summed E-state index contributed by atoms with van der Waals surface area (Å²) >= 11 is 0. The Bertz CT molecular complexity index is 1570. The van der Waals surface area contributed by atoms with E-state index in [-0.39, 0.29) is 45.3 Å². The Balaban J connectivity index is 1.40. The molecule has 16 heteroatoms. The molecule has 246 valence electrons. The van der Waals surface area contributed by atoms with E-state index in [0.717, 1.165) is 0 Å². The third kappa shape index (κ3) is 6.11. The molecule has 0 radical (unpaired) electrons. The zero-order valence-corrected chi connectivity index (χ0v) is 24.2. The Morgan fingerprint density at radius 2 is 1.47 bits per heavy atom. The molecule has 0 bridgehead atoms. The molecule has 0 amide bonds. The van der Waals surface area contributed by atoms with Gasteiger partial charge in [-0.1, -0.05) is 0 Å². The van der Waals surface area contributed by atoms with Crippen LogP contribution in [0, 0.1) is 0 Å². The van der Waals surface area contributed by atoms with E-state index in [1.165, 1.54) is 51.5 Å². The van der Waals surface area contributed by atoms with Gasteiger partial charge >= 0.3 is 0 Å². The highest BCUT2D eigenvalue weighted by molar-refractivity contribution is 5.88. The second kappa shape index (κ2) is 13.0. The highest BCUT2D eigenvalue weighted by atomic mass is 16.7. The molecule has 2 saturated heterocycles. The zero-order valence-electron chi connectivity index (χ0n) is 24.2. The number of fused-ring (bicyclic) bond motifs is 1. The van der Waals surface area contributed by atoms with Crippen LogP contribution in [-0.2, 0) is 14.2 Å². The quantitative estimate of drug-likeness (QED) is 0.146. The first kappa shape index (κ1) is 32.7. The predicted octanol–water partition coefficient (Wildman–Crippen LogP) is -1.08. The molecule has 2 fully saturated rings. The van der Waals surface area contributed by atoms with Crippen LogP contribution in [-0.4, -0.2) is 123 Å². The lowest BCUT2D eigenvalue weighted by Crippen LogP contribution is -2.61. The highest BCUT2D eigenvalue weighted by Gasteiger charge is 2.47. The fourth-order valence-electron chi connectivity index (χ4n) is 5.16. The van der Waals surface area contributed by atoms with Crippen molar-refractivity contribution in [2.45, 2.75) is 68.3 Å². The molecule has 1 unspecified atom stereocenters. The normalized spacial score (nSPS) is 31.9. The number of hydrogen-bond acceptors (Lipinski definition) is 16. The summed E-state index contributed by atoms with van der Waals surface area (Å²) in [5.74, 6) is -1.25. The zero-order chi connectivity index (χ0) is 32.7. The number of hydrogen-bond donors (Lipinski definition) is 8. The van der Waals surface area contributed by atoms with Crippen molar-refractivity contribution in [2.24, 2.45) is 0 Å². The van der Waals surface area contributed by atoms with Crippen LogP contribution in [0.1, 0.15) is 6.92 Å². The van der Waals surface area contributed by atoms with E-state index < -0.39 is 79.2 Å². The van der Waals surface area contributed by atoms with E-state index in [1.807, 2.05) is 0 Å². The van der Waals surface area contributed by atoms with Gasteiger partial charge in [0.25, 0.3) is 0 Å². The van der Waals surface area contributed by atoms with E-state index in [2.05, 4.69) is 0 Å². The number of aliphatic hydroxyl groups is 6. The molecule has 0 saturated carbocycles. The maximum atomic E-state index is 13.3. The molecular weight excluding hydrogens is 604 g/mol. The summed E-state index contributed by atoms with van der Waals surface area (Å²) in [6.45, 7) is 0.926. The van der Waals surface area contributed by atoms with E-state index in [4.69, 9.17) is 32.8 Å². The van der Waals surface area contributed by atoms with Crippen molar-refractivity contribution in [3.05, 3.63) is 40.6 Å². The minimum absolute atomic E-state index is 0.0111. The molecule has 0 aliphatic carbocycles. The molecule has 45 heavy (non-hydrogen) atoms. The first-order chi connectivity index (χ1) is 21.4. The van der Waals surface area contributed by atoms with Gasteiger partial charge in [0.05, 0.1) is 26.9 Å². The minimum Gasteiger partial charge on any atom is -0.508 e. The minimum atomic E-state index is -1.82. The molecule has 1 aromatic heterocycles. The molecule has 5 rings (SSSR count). The first-order valence-corrected chi connectivity index (χ1v) is 13.8. The van der Waals surface area contributed by atoms with Crippen LogP contribution in [0.5, 0.6) is 28.7 Å². The second-order valence-corrected chi connectivity index (χ2v) is 10.6. The first-order valence-electron chi connectivity index (χ1n) is 13.8. The third-order valence-corrected chi connectivity index (χ3v) is 7.69. The largest absolute Gasteiger partial charge is 0.508 e. The van der Waals surface area contributed by atoms with Gasteiger partial charge in [0.15, 0.2) is 23.5 Å². The molecule has 3 aromatic rings. The summed E-state index contributed by atoms with van der Waals surface area (Å²) in [6.07, 6.45) is -15.3. The Morgan fingerprint density at radius 1 is 0.778 bits per heavy atom. The molecule has 10 atom stereocenters. The summed E-state index contributed by atoms with van der Waals surface area (Å²) in [7, 11) is 2.56. The van der Waals surface area contributed by atoms with Crippen molar-refractivity contribution >= 4 is 11.0 Å². The van der Waals surface area contributed by atoms with Crippen LogP contribution < -0.4 is 19.6 Å². The summed E-state index contributed by atoms with van der Waals surface area (Å²) in [4.78, 5) is 13.3. The number of phenols is 2. The van der Waals surface area contributed by atoms with Crippen LogP contribution in [0.25, 0.3) is 22.3 Å². The smallest absolute Gasteiger partial charge is 0.239 e. The van der Waals surface area contributed by atoms with Crippen LogP contribution in [0.2, 0.25) is 0 Å². The summed E-state index contributed by atoms with van der Waals surface area (Å²) in [6, 6.07) is 6.26. The van der Waals surface area contributed by atoms with Crippen LogP contribution in [0.3, 0.4) is 0 Å². The summed E-state index contributed by atoms with van der Waals surface area (Å²) in [5.41, 5.74) is -0.488. The second-order valence-electron chi connectivity index (χ2n) is 10.6. The van der Waals surface area contributed by atoms with Crippen molar-refractivity contribution in [3.8, 4) is 40.1 Å². The van der Waals surface area contributed by atoms with Crippen molar-refractivity contribution < 1.29 is 73.7 Å². The van der Waals surface area contributed by atoms with Gasteiger partial charge in [0, 0.05) is 17.7 Å². The number of aromatic hydroxyl groups is 2. The Hall–Kier alpha value is -3.71. The summed E-state index contributed by atoms with van der Waals surface area (Å²) < 4.78 is 38.6. The fourth-order valence-corrected chi connectivity index (χ4v) is 5.16. The standard InChI is InChI=1S/C29H34O16/c1-10-19(32)22(35)24(37)28(42-10)41-9-17-20(33)23(36)25(38)29(45-17)44-14-6-11(4-5-13(14)31)26-27(40-3)21(34)18-15(39-2)7-12(30)8-16(18)43-26/h4-8,10,17,19-20,22-25,28-33,35-38H,9H2,1-3H3/t10-,17+,19-,20+,22+,23-,24+,25+,28?,29+/m0/s1. The van der Waals surface area contributed by atoms with Crippen LogP contribution in [0.4, 0.5) is 0 Å². The van der Waals surface area contributed by atoms with Crippen LogP contribution >= 0.6 is 0 Å². The molecule has 0 spiro atoms. The van der Waals surface area contributed by atoms with Crippen molar-refractivity contribution in [2.75, 3.05) is 20.8 Å². The molecule has 2 aromatic carbocycles. The molecule has 8 N–H and O–H groups in total. The SMILES string of the molecule is COc1c(-c2ccc(O)c(O[C@@H]3O[C@H](COC4O[C@@H](C)[C@H](O)[C@@H](O)[C@H]4O)[C@@H](O)[C@H](O)[C@H]3O)c2)oc2cc(O)cc(OC)c2c1=O. The van der Waals surface area contributed by atoms with E-state index in [1.54, 1.807) is 0 Å². The molecule has 2 aliphatic heterocycles. The van der Waals surface area contributed by atoms with Crippen molar-refractivity contribution in [1.82, 2.24) is 0 Å². The topological polar surface area (TPSA) is 247 Å². The van der Waals surface area contributed by atoms with Gasteiger partial charge in [-0.05, 0) is 25.1 Å². The van der Waals surface area contributed by atoms with E-state index in [0.29, 0.717) is 0 Å². The number of benzene rings is 2. The van der Waals surface area contributed by atoms with E-state index >= 15 is 0 Å². The van der Waals surface area contributed by atoms with Gasteiger partial charge in [-0.2, -0.15) is 0 Å². The van der Waals surface area contributed by atoms with E-state index in [9.17, 15) is 45.6 Å². The predicted molar refractivity (Wildman–Crippen MR) is 150 cm³/mol.